The minimum absolute atomic E-state index is 0.00731. The van der Waals surface area contributed by atoms with E-state index in [0.717, 1.165) is 24.7 Å². The van der Waals surface area contributed by atoms with E-state index in [-0.39, 0.29) is 9.79 Å². The lowest BCUT2D eigenvalue weighted by atomic mass is 10.1. The van der Waals surface area contributed by atoms with Crippen LogP contribution < -0.4 is 14.2 Å². The molecule has 0 aromatic heterocycles. The molecule has 9 heteroatoms. The maximum absolute atomic E-state index is 12.7. The number of hydrogen-bond donors (Lipinski definition) is 1. The first-order chi connectivity index (χ1) is 14.1. The molecule has 2 aromatic carbocycles. The molecule has 2 aromatic rings. The molecule has 0 unspecified atom stereocenters. The van der Waals surface area contributed by atoms with E-state index in [2.05, 4.69) is 4.72 Å². The predicted octanol–water partition coefficient (Wildman–Crippen LogP) is 3.71. The van der Waals surface area contributed by atoms with Crippen LogP contribution in [0.1, 0.15) is 45.2 Å². The van der Waals surface area contributed by atoms with Gasteiger partial charge in [-0.05, 0) is 61.7 Å². The van der Waals surface area contributed by atoms with Gasteiger partial charge in [0.15, 0.2) is 21.3 Å². The van der Waals surface area contributed by atoms with Gasteiger partial charge < -0.3 is 9.47 Å². The van der Waals surface area contributed by atoms with Gasteiger partial charge in [0.2, 0.25) is 10.0 Å². The Balaban J connectivity index is 2.23. The van der Waals surface area contributed by atoms with Crippen molar-refractivity contribution in [2.45, 2.75) is 49.4 Å². The Kier molecular flexibility index (Phi) is 8.28. The standard InChI is InChI=1S/C21H29NO6S2/c1-5-13-27-20-12-7-17(15-21(20)28-14-6-2)16(3)22-30(25,26)19-10-8-18(9-11-19)29(4,23)24/h7-12,15-16,22H,5-6,13-14H2,1-4H3/t16-/m0/s1. The van der Waals surface area contributed by atoms with Crippen LogP contribution in [-0.2, 0) is 19.9 Å². The largest absolute Gasteiger partial charge is 0.490 e. The van der Waals surface area contributed by atoms with Gasteiger partial charge in [-0.25, -0.2) is 21.6 Å². The van der Waals surface area contributed by atoms with Crippen LogP contribution in [0.5, 0.6) is 11.5 Å². The highest BCUT2D eigenvalue weighted by atomic mass is 32.2. The molecule has 2 rings (SSSR count). The van der Waals surface area contributed by atoms with Gasteiger partial charge in [-0.3, -0.25) is 0 Å². The lowest BCUT2D eigenvalue weighted by molar-refractivity contribution is 0.268. The Morgan fingerprint density at radius 2 is 1.37 bits per heavy atom. The van der Waals surface area contributed by atoms with Crippen LogP contribution >= 0.6 is 0 Å². The van der Waals surface area contributed by atoms with E-state index in [0.29, 0.717) is 24.7 Å². The fourth-order valence-corrected chi connectivity index (χ4v) is 4.55. The average Bonchev–Trinajstić information content (AvgIpc) is 2.70. The maximum atomic E-state index is 12.7. The van der Waals surface area contributed by atoms with Crippen LogP contribution in [0.2, 0.25) is 0 Å². The molecule has 1 N–H and O–H groups in total. The number of hydrogen-bond acceptors (Lipinski definition) is 6. The predicted molar refractivity (Wildman–Crippen MR) is 116 cm³/mol. The minimum atomic E-state index is -3.84. The number of sulfonamides is 1. The summed E-state index contributed by atoms with van der Waals surface area (Å²) >= 11 is 0. The van der Waals surface area contributed by atoms with Gasteiger partial charge >= 0.3 is 0 Å². The molecular formula is C21H29NO6S2. The SMILES string of the molecule is CCCOc1ccc([C@H](C)NS(=O)(=O)c2ccc(S(C)(=O)=O)cc2)cc1OCCC. The summed E-state index contributed by atoms with van der Waals surface area (Å²) in [6.45, 7) is 6.84. The second kappa shape index (κ2) is 10.3. The molecule has 0 saturated carbocycles. The van der Waals surface area contributed by atoms with E-state index >= 15 is 0 Å². The van der Waals surface area contributed by atoms with Crippen molar-refractivity contribution in [3.63, 3.8) is 0 Å². The summed E-state index contributed by atoms with van der Waals surface area (Å²) in [7, 11) is -7.24. The number of benzene rings is 2. The number of sulfone groups is 1. The Morgan fingerprint density at radius 1 is 0.833 bits per heavy atom. The van der Waals surface area contributed by atoms with Gasteiger partial charge in [0.25, 0.3) is 0 Å². The number of ether oxygens (including phenoxy) is 2. The fraction of sp³-hybridized carbons (Fsp3) is 0.429. The summed E-state index contributed by atoms with van der Waals surface area (Å²) in [5, 5.41) is 0. The van der Waals surface area contributed by atoms with E-state index in [4.69, 9.17) is 9.47 Å². The molecule has 0 amide bonds. The molecule has 166 valence electrons. The molecule has 0 spiro atoms. The van der Waals surface area contributed by atoms with E-state index in [1.165, 1.54) is 24.3 Å². The zero-order valence-corrected chi connectivity index (χ0v) is 19.3. The highest BCUT2D eigenvalue weighted by Gasteiger charge is 2.20. The molecule has 1 atom stereocenters. The Morgan fingerprint density at radius 3 is 1.90 bits per heavy atom. The molecular weight excluding hydrogens is 426 g/mol. The third-order valence-corrected chi connectivity index (χ3v) is 6.97. The molecule has 7 nitrogen and oxygen atoms in total. The van der Waals surface area contributed by atoms with Crippen LogP contribution in [-0.4, -0.2) is 36.3 Å². The summed E-state index contributed by atoms with van der Waals surface area (Å²) in [5.41, 5.74) is 0.723. The molecule has 0 heterocycles. The quantitative estimate of drug-likeness (QED) is 0.555. The fourth-order valence-electron chi connectivity index (χ4n) is 2.68. The van der Waals surface area contributed by atoms with Crippen molar-refractivity contribution in [3.05, 3.63) is 48.0 Å². The maximum Gasteiger partial charge on any atom is 0.241 e. The van der Waals surface area contributed by atoms with Crippen molar-refractivity contribution in [1.82, 2.24) is 4.72 Å². The van der Waals surface area contributed by atoms with Gasteiger partial charge in [0, 0.05) is 12.3 Å². The lowest BCUT2D eigenvalue weighted by Gasteiger charge is -2.18. The first kappa shape index (κ1) is 24.2. The van der Waals surface area contributed by atoms with Crippen molar-refractivity contribution >= 4 is 19.9 Å². The zero-order chi connectivity index (χ0) is 22.4. The summed E-state index contributed by atoms with van der Waals surface area (Å²) in [6, 6.07) is 9.95. The number of rotatable bonds is 11. The Hall–Kier alpha value is -2.10. The van der Waals surface area contributed by atoms with Gasteiger partial charge in [-0.2, -0.15) is 0 Å². The monoisotopic (exact) mass is 455 g/mol. The molecule has 0 aliphatic carbocycles. The third kappa shape index (κ3) is 6.45. The highest BCUT2D eigenvalue weighted by Crippen LogP contribution is 2.31. The van der Waals surface area contributed by atoms with Crippen molar-refractivity contribution < 1.29 is 26.3 Å². The molecule has 0 aliphatic heterocycles. The van der Waals surface area contributed by atoms with Crippen LogP contribution in [0.15, 0.2) is 52.3 Å². The summed E-state index contributed by atoms with van der Waals surface area (Å²) < 4.78 is 62.7. The van der Waals surface area contributed by atoms with E-state index in [1.54, 1.807) is 25.1 Å². The first-order valence-corrected chi connectivity index (χ1v) is 13.2. The molecule has 0 saturated heterocycles. The van der Waals surface area contributed by atoms with Gasteiger partial charge in [-0.1, -0.05) is 19.9 Å². The highest BCUT2D eigenvalue weighted by molar-refractivity contribution is 7.90. The minimum Gasteiger partial charge on any atom is -0.490 e. The van der Waals surface area contributed by atoms with Crippen LogP contribution in [0.3, 0.4) is 0 Å². The van der Waals surface area contributed by atoms with E-state index in [1.807, 2.05) is 13.8 Å². The third-order valence-electron chi connectivity index (χ3n) is 4.29. The Bertz CT molecular complexity index is 1050. The lowest BCUT2D eigenvalue weighted by Crippen LogP contribution is -2.27. The summed E-state index contributed by atoms with van der Waals surface area (Å²) in [6.07, 6.45) is 2.77. The van der Waals surface area contributed by atoms with E-state index < -0.39 is 25.9 Å². The number of nitrogens with one attached hydrogen (secondary N) is 1. The smallest absolute Gasteiger partial charge is 0.241 e. The molecule has 0 aliphatic rings. The van der Waals surface area contributed by atoms with Crippen molar-refractivity contribution in [2.75, 3.05) is 19.5 Å². The van der Waals surface area contributed by atoms with Crippen LogP contribution in [0.25, 0.3) is 0 Å². The second-order valence-corrected chi connectivity index (χ2v) is 10.7. The van der Waals surface area contributed by atoms with Crippen LogP contribution in [0.4, 0.5) is 0 Å². The van der Waals surface area contributed by atoms with Crippen molar-refractivity contribution in [2.24, 2.45) is 0 Å². The molecule has 0 radical (unpaired) electrons. The molecule has 0 bridgehead atoms. The van der Waals surface area contributed by atoms with Gasteiger partial charge in [0.05, 0.1) is 23.0 Å². The topological polar surface area (TPSA) is 98.8 Å². The zero-order valence-electron chi connectivity index (χ0n) is 17.7. The summed E-state index contributed by atoms with van der Waals surface area (Å²) in [5.74, 6) is 1.20. The normalized spacial score (nSPS) is 13.1. The van der Waals surface area contributed by atoms with Gasteiger partial charge in [0.1, 0.15) is 0 Å². The van der Waals surface area contributed by atoms with Crippen LogP contribution in [0, 0.1) is 0 Å². The average molecular weight is 456 g/mol. The second-order valence-electron chi connectivity index (χ2n) is 6.99. The van der Waals surface area contributed by atoms with E-state index in [9.17, 15) is 16.8 Å². The summed E-state index contributed by atoms with van der Waals surface area (Å²) in [4.78, 5) is 0.0574. The first-order valence-electron chi connectivity index (χ1n) is 9.80. The molecule has 30 heavy (non-hydrogen) atoms. The van der Waals surface area contributed by atoms with Gasteiger partial charge in [-0.15, -0.1) is 0 Å². The Labute approximate surface area is 179 Å². The van der Waals surface area contributed by atoms with Crippen molar-refractivity contribution in [3.8, 4) is 11.5 Å². The molecule has 0 fully saturated rings. The van der Waals surface area contributed by atoms with Crippen molar-refractivity contribution in [1.29, 1.82) is 0 Å².